The van der Waals surface area contributed by atoms with Crippen LogP contribution in [0.3, 0.4) is 0 Å². The van der Waals surface area contributed by atoms with Crippen LogP contribution >= 0.6 is 0 Å². The van der Waals surface area contributed by atoms with E-state index in [4.69, 9.17) is 0 Å². The van der Waals surface area contributed by atoms with Crippen molar-refractivity contribution < 1.29 is 0 Å². The first kappa shape index (κ1) is 14.8. The van der Waals surface area contributed by atoms with E-state index in [-0.39, 0.29) is 0 Å². The Morgan fingerprint density at radius 2 is 1.58 bits per heavy atom. The molecular weight excluding hydrogens is 234 g/mol. The fraction of sp³-hybridized carbons (Fsp3) is 0.312. The first-order chi connectivity index (χ1) is 8.97. The summed E-state index contributed by atoms with van der Waals surface area (Å²) in [6, 6.07) is 12.1. The molecule has 100 valence electrons. The van der Waals surface area contributed by atoms with Gasteiger partial charge in [-0.3, -0.25) is 0 Å². The molecule has 1 aromatic rings. The maximum Gasteiger partial charge on any atom is 0.103 e. The summed E-state index contributed by atoms with van der Waals surface area (Å²) >= 11 is 0. The summed E-state index contributed by atoms with van der Waals surface area (Å²) < 4.78 is 0. The lowest BCUT2D eigenvalue weighted by Crippen LogP contribution is -2.24. The van der Waals surface area contributed by atoms with Gasteiger partial charge in [-0.1, -0.05) is 30.3 Å². The summed E-state index contributed by atoms with van der Waals surface area (Å²) in [5.41, 5.74) is 2.63. The molecule has 0 saturated heterocycles. The van der Waals surface area contributed by atoms with Crippen molar-refractivity contribution in [3.63, 3.8) is 0 Å². The molecule has 0 aliphatic rings. The fourth-order valence-corrected chi connectivity index (χ4v) is 1.91. The van der Waals surface area contributed by atoms with Crippen LogP contribution in [0.15, 0.2) is 47.8 Å². The fourth-order valence-electron chi connectivity index (χ4n) is 1.91. The molecule has 1 rings (SSSR count). The zero-order chi connectivity index (χ0) is 14.4. The average molecular weight is 255 g/mol. The number of hydrogen-bond donors (Lipinski definition) is 0. The Bertz CT molecular complexity index is 507. The third-order valence-corrected chi connectivity index (χ3v) is 2.83. The Morgan fingerprint density at radius 1 is 1.05 bits per heavy atom. The first-order valence-corrected chi connectivity index (χ1v) is 6.20. The lowest BCUT2D eigenvalue weighted by Gasteiger charge is -2.24. The van der Waals surface area contributed by atoms with E-state index < -0.39 is 0 Å². The van der Waals surface area contributed by atoms with Crippen molar-refractivity contribution in [1.29, 1.82) is 5.26 Å². The molecule has 0 unspecified atom stereocenters. The topological polar surface area (TPSA) is 30.3 Å². The van der Waals surface area contributed by atoms with Crippen LogP contribution in [-0.4, -0.2) is 38.0 Å². The Labute approximate surface area is 116 Å². The van der Waals surface area contributed by atoms with Crippen molar-refractivity contribution in [3.8, 4) is 6.07 Å². The molecule has 0 aliphatic heterocycles. The van der Waals surface area contributed by atoms with Crippen LogP contribution in [-0.2, 0) is 0 Å². The molecule has 0 N–H and O–H groups in total. The van der Waals surface area contributed by atoms with Gasteiger partial charge < -0.3 is 9.80 Å². The van der Waals surface area contributed by atoms with Gasteiger partial charge in [-0.2, -0.15) is 5.26 Å². The molecule has 0 bridgehead atoms. The average Bonchev–Trinajstić information content (AvgIpc) is 2.37. The van der Waals surface area contributed by atoms with E-state index in [0.717, 1.165) is 17.0 Å². The van der Waals surface area contributed by atoms with Crippen LogP contribution in [0.1, 0.15) is 12.5 Å². The van der Waals surface area contributed by atoms with Crippen molar-refractivity contribution in [2.75, 3.05) is 28.2 Å². The summed E-state index contributed by atoms with van der Waals surface area (Å²) in [4.78, 5) is 4.06. The standard InChI is InChI=1S/C16H21N3/c1-13(11-16(18(2)3)19(4)5)15(12-17)14-9-7-6-8-10-14/h6-11H,1-5H3/b15-13-. The quantitative estimate of drug-likeness (QED) is 0.612. The lowest BCUT2D eigenvalue weighted by atomic mass is 10.0. The summed E-state index contributed by atoms with van der Waals surface area (Å²) in [6.07, 6.45) is 2.03. The maximum atomic E-state index is 9.38. The van der Waals surface area contributed by atoms with Crippen molar-refractivity contribution in [2.24, 2.45) is 0 Å². The Kier molecular flexibility index (Phi) is 5.20. The first-order valence-electron chi connectivity index (χ1n) is 6.20. The highest BCUT2D eigenvalue weighted by atomic mass is 15.3. The highest BCUT2D eigenvalue weighted by molar-refractivity contribution is 5.80. The molecule has 3 nitrogen and oxygen atoms in total. The second-order valence-electron chi connectivity index (χ2n) is 4.83. The third-order valence-electron chi connectivity index (χ3n) is 2.83. The molecule has 0 spiro atoms. The van der Waals surface area contributed by atoms with Gasteiger partial charge in [0.25, 0.3) is 0 Å². The van der Waals surface area contributed by atoms with Crippen molar-refractivity contribution in [3.05, 3.63) is 53.4 Å². The zero-order valence-corrected chi connectivity index (χ0v) is 12.3. The summed E-state index contributed by atoms with van der Waals surface area (Å²) in [7, 11) is 7.97. The number of nitriles is 1. The number of hydrogen-bond acceptors (Lipinski definition) is 3. The predicted molar refractivity (Wildman–Crippen MR) is 80.1 cm³/mol. The Hall–Kier alpha value is -2.21. The van der Waals surface area contributed by atoms with Gasteiger partial charge in [-0.05, 0) is 24.1 Å². The minimum atomic E-state index is 0.710. The minimum absolute atomic E-state index is 0.710. The molecule has 0 aliphatic carbocycles. The normalized spacial score (nSPS) is 11.2. The van der Waals surface area contributed by atoms with Crippen molar-refractivity contribution in [2.45, 2.75) is 6.92 Å². The van der Waals surface area contributed by atoms with Crippen LogP contribution < -0.4 is 0 Å². The van der Waals surface area contributed by atoms with Gasteiger partial charge in [0, 0.05) is 28.2 Å². The van der Waals surface area contributed by atoms with Gasteiger partial charge >= 0.3 is 0 Å². The van der Waals surface area contributed by atoms with Crippen LogP contribution in [0.5, 0.6) is 0 Å². The molecule has 0 aromatic heterocycles. The number of allylic oxidation sites excluding steroid dienone is 3. The number of nitrogens with zero attached hydrogens (tertiary/aromatic N) is 3. The van der Waals surface area contributed by atoms with Crippen LogP contribution in [0.2, 0.25) is 0 Å². The van der Waals surface area contributed by atoms with E-state index in [9.17, 15) is 5.26 Å². The Balaban J connectivity index is 3.27. The molecule has 3 heteroatoms. The monoisotopic (exact) mass is 255 g/mol. The van der Waals surface area contributed by atoms with Gasteiger partial charge in [0.15, 0.2) is 0 Å². The van der Waals surface area contributed by atoms with Crippen molar-refractivity contribution >= 4 is 5.57 Å². The minimum Gasteiger partial charge on any atom is -0.364 e. The van der Waals surface area contributed by atoms with E-state index in [1.54, 1.807) is 0 Å². The number of rotatable bonds is 4. The molecule has 0 amide bonds. The molecular formula is C16H21N3. The second-order valence-corrected chi connectivity index (χ2v) is 4.83. The largest absolute Gasteiger partial charge is 0.364 e. The number of benzene rings is 1. The van der Waals surface area contributed by atoms with Gasteiger partial charge in [0.2, 0.25) is 0 Å². The highest BCUT2D eigenvalue weighted by Crippen LogP contribution is 2.20. The van der Waals surface area contributed by atoms with E-state index in [0.29, 0.717) is 5.57 Å². The van der Waals surface area contributed by atoms with Crippen LogP contribution in [0.25, 0.3) is 5.57 Å². The summed E-state index contributed by atoms with van der Waals surface area (Å²) in [5.74, 6) is 1.06. The van der Waals surface area contributed by atoms with Gasteiger partial charge in [0.1, 0.15) is 11.9 Å². The maximum absolute atomic E-state index is 9.38. The van der Waals surface area contributed by atoms with E-state index in [1.807, 2.05) is 81.3 Å². The molecule has 0 radical (unpaired) electrons. The van der Waals surface area contributed by atoms with E-state index in [2.05, 4.69) is 6.07 Å². The molecule has 1 aromatic carbocycles. The van der Waals surface area contributed by atoms with Crippen LogP contribution in [0, 0.1) is 11.3 Å². The van der Waals surface area contributed by atoms with Crippen molar-refractivity contribution in [1.82, 2.24) is 9.80 Å². The zero-order valence-electron chi connectivity index (χ0n) is 12.3. The Morgan fingerprint density at radius 3 is 2.00 bits per heavy atom. The van der Waals surface area contributed by atoms with Gasteiger partial charge in [0.05, 0.1) is 5.57 Å². The highest BCUT2D eigenvalue weighted by Gasteiger charge is 2.07. The lowest BCUT2D eigenvalue weighted by molar-refractivity contribution is 0.342. The molecule has 0 heterocycles. The molecule has 0 saturated carbocycles. The predicted octanol–water partition coefficient (Wildman–Crippen LogP) is 2.95. The smallest absolute Gasteiger partial charge is 0.103 e. The van der Waals surface area contributed by atoms with Crippen LogP contribution in [0.4, 0.5) is 0 Å². The molecule has 0 fully saturated rings. The third kappa shape index (κ3) is 3.89. The summed E-state index contributed by atoms with van der Waals surface area (Å²) in [6.45, 7) is 1.97. The molecule has 19 heavy (non-hydrogen) atoms. The van der Waals surface area contributed by atoms with Gasteiger partial charge in [-0.25, -0.2) is 0 Å². The summed E-state index contributed by atoms with van der Waals surface area (Å²) in [5, 5.41) is 9.38. The van der Waals surface area contributed by atoms with E-state index in [1.165, 1.54) is 0 Å². The SMILES string of the molecule is C/C(C=C(N(C)C)N(C)C)=C(\C#N)c1ccccc1. The molecule has 0 atom stereocenters. The van der Waals surface area contributed by atoms with E-state index >= 15 is 0 Å². The second kappa shape index (κ2) is 6.65. The van der Waals surface area contributed by atoms with Gasteiger partial charge in [-0.15, -0.1) is 0 Å².